The Balaban J connectivity index is 0.00000112. The first-order valence-electron chi connectivity index (χ1n) is 4.32. The molecule has 1 aliphatic heterocycles. The van der Waals surface area contributed by atoms with Gasteiger partial charge in [0.2, 0.25) is 11.9 Å². The highest BCUT2D eigenvalue weighted by Crippen LogP contribution is 2.20. The van der Waals surface area contributed by atoms with Gasteiger partial charge in [0, 0.05) is 13.1 Å². The third kappa shape index (κ3) is 2.89. The van der Waals surface area contributed by atoms with E-state index in [4.69, 9.17) is 10.8 Å². The fraction of sp³-hybridized carbons (Fsp3) is 0.571. The van der Waals surface area contributed by atoms with Crippen LogP contribution in [0.4, 0.5) is 11.9 Å². The second-order valence-electron chi connectivity index (χ2n) is 3.29. The number of carboxylic acids is 1. The summed E-state index contributed by atoms with van der Waals surface area (Å²) in [6, 6.07) is 0. The molecule has 1 atom stereocenters. The Morgan fingerprint density at radius 3 is 2.69 bits per heavy atom. The topological polar surface area (TPSA) is 108 Å². The van der Waals surface area contributed by atoms with Crippen molar-refractivity contribution < 1.29 is 9.90 Å². The number of anilines is 2. The number of carboxylic acid groups (broad SMARTS) is 1. The Morgan fingerprint density at radius 1 is 1.56 bits per heavy atom. The molecule has 4 N–H and O–H groups in total. The summed E-state index contributed by atoms with van der Waals surface area (Å²) < 4.78 is 0. The molecule has 0 bridgehead atoms. The van der Waals surface area contributed by atoms with Crippen LogP contribution in [-0.4, -0.2) is 39.3 Å². The minimum atomic E-state index is -0.768. The number of aliphatic carboxylic acids is 1. The molecule has 7 nitrogen and oxygen atoms in total. The zero-order valence-electron chi connectivity index (χ0n) is 8.29. The van der Waals surface area contributed by atoms with Crippen molar-refractivity contribution >= 4 is 42.7 Å². The predicted octanol–water partition coefficient (Wildman–Crippen LogP) is 0.141. The molecule has 1 saturated heterocycles. The van der Waals surface area contributed by atoms with Gasteiger partial charge in [-0.25, -0.2) is 5.10 Å². The van der Waals surface area contributed by atoms with E-state index in [9.17, 15) is 4.79 Å². The molecule has 1 aromatic rings. The first kappa shape index (κ1) is 14.8. The standard InChI is InChI=1S/C7H11N5O2.2ClH/c8-6-9-7(11-10-6)12-2-1-4(3-12)5(13)14;;/h4H,1-3H2,(H,13,14)(H3,8,9,10,11);2*1H. The highest BCUT2D eigenvalue weighted by atomic mass is 35.5. The van der Waals surface area contributed by atoms with Gasteiger partial charge in [-0.15, -0.1) is 29.9 Å². The number of aromatic nitrogens is 3. The van der Waals surface area contributed by atoms with Gasteiger partial charge in [0.05, 0.1) is 5.92 Å². The summed E-state index contributed by atoms with van der Waals surface area (Å²) in [5, 5.41) is 15.2. The van der Waals surface area contributed by atoms with Crippen LogP contribution in [0.1, 0.15) is 6.42 Å². The Kier molecular flexibility index (Phi) is 5.32. The second-order valence-corrected chi connectivity index (χ2v) is 3.29. The van der Waals surface area contributed by atoms with Crippen LogP contribution in [0.2, 0.25) is 0 Å². The maximum absolute atomic E-state index is 10.7. The zero-order valence-corrected chi connectivity index (χ0v) is 9.92. The van der Waals surface area contributed by atoms with Crippen molar-refractivity contribution in [2.75, 3.05) is 23.7 Å². The maximum Gasteiger partial charge on any atom is 0.308 e. The SMILES string of the molecule is Cl.Cl.Nc1nc(N2CCC(C(=O)O)C2)n[nH]1. The molecule has 1 fully saturated rings. The zero-order chi connectivity index (χ0) is 10.1. The van der Waals surface area contributed by atoms with Crippen LogP contribution in [0.5, 0.6) is 0 Å². The smallest absolute Gasteiger partial charge is 0.308 e. The third-order valence-corrected chi connectivity index (χ3v) is 2.31. The van der Waals surface area contributed by atoms with Gasteiger partial charge in [-0.05, 0) is 6.42 Å². The van der Waals surface area contributed by atoms with E-state index in [2.05, 4.69) is 15.2 Å². The molecule has 92 valence electrons. The highest BCUT2D eigenvalue weighted by Gasteiger charge is 2.29. The number of hydrogen-bond acceptors (Lipinski definition) is 5. The quantitative estimate of drug-likeness (QED) is 0.705. The molecular weight excluding hydrogens is 257 g/mol. The monoisotopic (exact) mass is 269 g/mol. The molecule has 1 aromatic heterocycles. The number of nitrogens with zero attached hydrogens (tertiary/aromatic N) is 3. The Hall–Kier alpha value is -1.21. The Bertz CT molecular complexity index is 358. The summed E-state index contributed by atoms with van der Waals surface area (Å²) in [5.41, 5.74) is 5.37. The summed E-state index contributed by atoms with van der Waals surface area (Å²) in [6.45, 7) is 1.11. The third-order valence-electron chi connectivity index (χ3n) is 2.31. The van der Waals surface area contributed by atoms with E-state index in [0.29, 0.717) is 25.5 Å². The molecule has 1 unspecified atom stereocenters. The molecule has 0 saturated carbocycles. The van der Waals surface area contributed by atoms with Crippen molar-refractivity contribution in [3.63, 3.8) is 0 Å². The molecule has 16 heavy (non-hydrogen) atoms. The van der Waals surface area contributed by atoms with Gasteiger partial charge in [-0.2, -0.15) is 4.98 Å². The number of nitrogens with one attached hydrogen (secondary N) is 1. The number of rotatable bonds is 2. The Morgan fingerprint density at radius 2 is 2.25 bits per heavy atom. The van der Waals surface area contributed by atoms with Crippen LogP contribution in [0.25, 0.3) is 0 Å². The molecule has 0 aromatic carbocycles. The van der Waals surface area contributed by atoms with Crippen LogP contribution in [0.3, 0.4) is 0 Å². The first-order chi connectivity index (χ1) is 6.66. The molecule has 2 rings (SSSR count). The van der Waals surface area contributed by atoms with Crippen LogP contribution < -0.4 is 10.6 Å². The van der Waals surface area contributed by atoms with Crippen molar-refractivity contribution in [1.29, 1.82) is 0 Å². The van der Waals surface area contributed by atoms with Gasteiger partial charge in [-0.1, -0.05) is 0 Å². The average Bonchev–Trinajstić information content (AvgIpc) is 2.70. The summed E-state index contributed by atoms with van der Waals surface area (Å²) in [7, 11) is 0. The van der Waals surface area contributed by atoms with Crippen molar-refractivity contribution in [2.24, 2.45) is 5.92 Å². The van der Waals surface area contributed by atoms with E-state index in [0.717, 1.165) is 0 Å². The number of aromatic amines is 1. The van der Waals surface area contributed by atoms with Crippen molar-refractivity contribution in [3.8, 4) is 0 Å². The van der Waals surface area contributed by atoms with E-state index in [1.54, 1.807) is 0 Å². The number of carbonyl (C=O) groups is 1. The van der Waals surface area contributed by atoms with Gasteiger partial charge in [0.1, 0.15) is 0 Å². The summed E-state index contributed by atoms with van der Waals surface area (Å²) in [5.74, 6) is -0.365. The van der Waals surface area contributed by atoms with Crippen LogP contribution >= 0.6 is 24.8 Å². The van der Waals surface area contributed by atoms with Crippen LogP contribution in [0.15, 0.2) is 0 Å². The molecule has 0 spiro atoms. The molecule has 9 heteroatoms. The number of nitrogens with two attached hydrogens (primary N) is 1. The summed E-state index contributed by atoms with van der Waals surface area (Å²) in [4.78, 5) is 16.4. The molecule has 0 amide bonds. The average molecular weight is 270 g/mol. The lowest BCUT2D eigenvalue weighted by Gasteiger charge is -2.11. The van der Waals surface area contributed by atoms with E-state index >= 15 is 0 Å². The molecular formula is C7H13Cl2N5O2. The maximum atomic E-state index is 10.7. The number of hydrogen-bond donors (Lipinski definition) is 3. The number of nitrogen functional groups attached to an aromatic ring is 1. The highest BCUT2D eigenvalue weighted by molar-refractivity contribution is 5.85. The van der Waals surface area contributed by atoms with E-state index in [-0.39, 0.29) is 36.7 Å². The van der Waals surface area contributed by atoms with Crippen molar-refractivity contribution in [1.82, 2.24) is 15.2 Å². The fourth-order valence-corrected chi connectivity index (χ4v) is 1.55. The molecule has 1 aliphatic rings. The van der Waals surface area contributed by atoms with E-state index < -0.39 is 5.97 Å². The summed E-state index contributed by atoms with van der Waals surface area (Å²) in [6.07, 6.45) is 0.629. The Labute approximate surface area is 104 Å². The molecule has 0 aliphatic carbocycles. The fourth-order valence-electron chi connectivity index (χ4n) is 1.55. The normalized spacial score (nSPS) is 18.8. The van der Waals surface area contributed by atoms with Gasteiger partial charge < -0.3 is 15.7 Å². The lowest BCUT2D eigenvalue weighted by atomic mass is 10.1. The minimum Gasteiger partial charge on any atom is -0.481 e. The molecule has 0 radical (unpaired) electrons. The van der Waals surface area contributed by atoms with Gasteiger partial charge in [-0.3, -0.25) is 4.79 Å². The van der Waals surface area contributed by atoms with Gasteiger partial charge in [0.15, 0.2) is 0 Å². The largest absolute Gasteiger partial charge is 0.481 e. The second kappa shape index (κ2) is 5.76. The van der Waals surface area contributed by atoms with Crippen molar-refractivity contribution in [2.45, 2.75) is 6.42 Å². The van der Waals surface area contributed by atoms with Gasteiger partial charge >= 0.3 is 5.97 Å². The van der Waals surface area contributed by atoms with Gasteiger partial charge in [0.25, 0.3) is 0 Å². The van der Waals surface area contributed by atoms with Crippen LogP contribution in [0, 0.1) is 5.92 Å². The molecule has 2 heterocycles. The van der Waals surface area contributed by atoms with Crippen molar-refractivity contribution in [3.05, 3.63) is 0 Å². The lowest BCUT2D eigenvalue weighted by Crippen LogP contribution is -2.23. The van der Waals surface area contributed by atoms with E-state index in [1.807, 2.05) is 4.90 Å². The van der Waals surface area contributed by atoms with Crippen LogP contribution in [-0.2, 0) is 4.79 Å². The minimum absolute atomic E-state index is 0. The van der Waals surface area contributed by atoms with E-state index in [1.165, 1.54) is 0 Å². The number of H-pyrrole nitrogens is 1. The predicted molar refractivity (Wildman–Crippen MR) is 63.2 cm³/mol. The summed E-state index contributed by atoms with van der Waals surface area (Å²) >= 11 is 0. The lowest BCUT2D eigenvalue weighted by molar-refractivity contribution is -0.140. The number of halogens is 2. The first-order valence-corrected chi connectivity index (χ1v) is 4.32.